The third kappa shape index (κ3) is 5.55. The van der Waals surface area contributed by atoms with Crippen LogP contribution in [0, 0.1) is 35.5 Å². The van der Waals surface area contributed by atoms with E-state index in [1.807, 2.05) is 11.3 Å². The number of hydrogen-bond donors (Lipinski definition) is 0. The lowest BCUT2D eigenvalue weighted by molar-refractivity contribution is -0.00526. The molecule has 8 fully saturated rings. The molecule has 3 aromatic heterocycles. The molecule has 0 saturated heterocycles. The lowest BCUT2D eigenvalue weighted by Gasteiger charge is -2.57. The third-order valence-corrected chi connectivity index (χ3v) is 23.3. The largest absolute Gasteiger partial charge is 0.454 e. The lowest BCUT2D eigenvalue weighted by Crippen LogP contribution is -2.61. The Balaban J connectivity index is 0.929. The maximum Gasteiger partial charge on any atom is 0.333 e. The highest BCUT2D eigenvalue weighted by molar-refractivity contribution is 7.26. The van der Waals surface area contributed by atoms with Gasteiger partial charge >= 0.3 is 6.85 Å². The van der Waals surface area contributed by atoms with Crippen LogP contribution in [0.2, 0.25) is 0 Å². The van der Waals surface area contributed by atoms with Crippen molar-refractivity contribution in [2.24, 2.45) is 35.5 Å². The smallest absolute Gasteiger partial charge is 0.333 e. The van der Waals surface area contributed by atoms with Gasteiger partial charge in [-0.15, -0.1) is 11.3 Å². The number of rotatable bonds is 4. The molecule has 8 saturated carbocycles. The molecule has 0 N–H and O–H groups in total. The van der Waals surface area contributed by atoms with Crippen LogP contribution in [-0.2, 0) is 10.8 Å². The summed E-state index contributed by atoms with van der Waals surface area (Å²) in [6.07, 6.45) is 16.9. The Morgan fingerprint density at radius 2 is 1.06 bits per heavy atom. The van der Waals surface area contributed by atoms with Crippen molar-refractivity contribution in [2.45, 2.75) is 87.9 Å². The molecule has 12 aromatic rings. The Bertz CT molecular complexity index is 4540. The Morgan fingerprint density at radius 3 is 1.79 bits per heavy atom. The normalized spacial score (nSPS) is 27.2. The van der Waals surface area contributed by atoms with Gasteiger partial charge in [-0.25, -0.2) is 0 Å². The van der Waals surface area contributed by atoms with Crippen LogP contribution in [-0.4, -0.2) is 11.4 Å². The minimum absolute atomic E-state index is 0.0992. The van der Waals surface area contributed by atoms with Crippen LogP contribution in [0.1, 0.15) is 88.2 Å². The number of fused-ring (bicyclic) bond motifs is 15. The van der Waals surface area contributed by atoms with Crippen molar-refractivity contribution in [2.75, 3.05) is 4.81 Å². The molecule has 3 nitrogen and oxygen atoms in total. The predicted molar refractivity (Wildman–Crippen MR) is 323 cm³/mol. The van der Waals surface area contributed by atoms with E-state index in [-0.39, 0.29) is 12.3 Å². The van der Waals surface area contributed by atoms with Crippen LogP contribution in [0.15, 0.2) is 168 Å². The van der Waals surface area contributed by atoms with E-state index >= 15 is 0 Å². The van der Waals surface area contributed by atoms with Crippen molar-refractivity contribution in [3.05, 3.63) is 175 Å². The minimum Gasteiger partial charge on any atom is -0.454 e. The molecular formula is C72H57BN2OS. The Kier molecular flexibility index (Phi) is 7.93. The van der Waals surface area contributed by atoms with E-state index in [9.17, 15) is 0 Å². The van der Waals surface area contributed by atoms with Crippen molar-refractivity contribution in [3.8, 4) is 27.9 Å². The van der Waals surface area contributed by atoms with Gasteiger partial charge in [0, 0.05) is 58.7 Å². The number of thiophene rings is 1. The molecule has 0 atom stereocenters. The first-order chi connectivity index (χ1) is 37.9. The first-order valence-corrected chi connectivity index (χ1v) is 30.2. The first-order valence-electron chi connectivity index (χ1n) is 29.4. The molecule has 370 valence electrons. The predicted octanol–water partition coefficient (Wildman–Crippen LogP) is 18.0. The van der Waals surface area contributed by atoms with E-state index in [1.54, 1.807) is 11.1 Å². The van der Waals surface area contributed by atoms with Crippen LogP contribution in [0.4, 0.5) is 11.4 Å². The number of furan rings is 1. The quantitative estimate of drug-likeness (QED) is 0.164. The molecule has 5 heterocycles. The van der Waals surface area contributed by atoms with Gasteiger partial charge < -0.3 is 13.8 Å². The zero-order valence-corrected chi connectivity index (χ0v) is 44.1. The SMILES string of the molecule is c1ccc(-c2ccc(N3B4c5c(cc6c(oc7ccccc76)c5-n5c6ccc(C78CC9CC(CC(C9)C7)C8)cc6c6cc(C78CC9CC(CC(C9)C7)C8)cc4c65)-c4cc5c(cc43)sc3cc4ccccc4cc35)cc2)cc1. The topological polar surface area (TPSA) is 21.3 Å². The van der Waals surface area contributed by atoms with Crippen LogP contribution >= 0.6 is 11.3 Å². The molecule has 8 aliphatic carbocycles. The van der Waals surface area contributed by atoms with Gasteiger partial charge in [0.2, 0.25) is 0 Å². The summed E-state index contributed by atoms with van der Waals surface area (Å²) in [6.45, 7) is -0.0992. The molecule has 2 aliphatic heterocycles. The zero-order valence-electron chi connectivity index (χ0n) is 43.3. The van der Waals surface area contributed by atoms with Gasteiger partial charge in [0.25, 0.3) is 0 Å². The maximum atomic E-state index is 7.38. The van der Waals surface area contributed by atoms with Crippen molar-refractivity contribution in [1.29, 1.82) is 0 Å². The van der Waals surface area contributed by atoms with Crippen LogP contribution < -0.4 is 15.7 Å². The summed E-state index contributed by atoms with van der Waals surface area (Å²) in [4.78, 5) is 2.80. The van der Waals surface area contributed by atoms with Crippen molar-refractivity contribution < 1.29 is 4.42 Å². The van der Waals surface area contributed by atoms with Gasteiger partial charge in [-0.3, -0.25) is 0 Å². The number of benzene rings is 9. The summed E-state index contributed by atoms with van der Waals surface area (Å²) in [7, 11) is 0. The molecule has 8 bridgehead atoms. The number of aromatic nitrogens is 1. The lowest BCUT2D eigenvalue weighted by atomic mass is 9.42. The standard InChI is InChI=1S/C72H57BN2OS/c1-2-8-46(9-3-1)47-14-17-52(18-15-47)75-63-33-66-57(56-26-48-10-4-5-11-49(48)27-65(56)77-66)31-55(63)58-32-60-53-12-6-7-13-64(53)76-70(60)69-67(58)73(75)61-30-51(72-37-43-23-44(38-72)25-45(24-43)39-72)29-59-54-28-50(16-19-62(54)74(69)68(59)61)71-34-40-20-41(35-71)22-42(21-40)36-71/h1-19,26-33,40-45H,20-25,34-39H2. The average Bonchev–Trinajstić information content (AvgIpc) is 4.35. The van der Waals surface area contributed by atoms with Gasteiger partial charge in [-0.1, -0.05) is 97.1 Å². The third-order valence-electron chi connectivity index (χ3n) is 22.2. The molecular weight excluding hydrogens is 952 g/mol. The Hall–Kier alpha value is -7.08. The average molecular weight is 1010 g/mol. The summed E-state index contributed by atoms with van der Waals surface area (Å²) in [5, 5.41) is 10.6. The molecule has 10 aliphatic rings. The second-order valence-corrected chi connectivity index (χ2v) is 27.5. The number of hydrogen-bond acceptors (Lipinski definition) is 3. The van der Waals surface area contributed by atoms with Crippen molar-refractivity contribution in [3.63, 3.8) is 0 Å². The van der Waals surface area contributed by atoms with E-state index < -0.39 is 0 Å². The zero-order chi connectivity index (χ0) is 49.6. The fraction of sp³-hybridized carbons (Fsp3) is 0.278. The molecule has 5 heteroatoms. The van der Waals surface area contributed by atoms with Gasteiger partial charge in [0.15, 0.2) is 5.58 Å². The van der Waals surface area contributed by atoms with Gasteiger partial charge in [0.05, 0.1) is 16.7 Å². The minimum atomic E-state index is -0.0992. The van der Waals surface area contributed by atoms with Crippen LogP contribution in [0.3, 0.4) is 0 Å². The highest BCUT2D eigenvalue weighted by Gasteiger charge is 2.54. The van der Waals surface area contributed by atoms with E-state index in [2.05, 4.69) is 173 Å². The Labute approximate surface area is 452 Å². The highest BCUT2D eigenvalue weighted by atomic mass is 32.1. The summed E-state index contributed by atoms with van der Waals surface area (Å²) < 4.78 is 12.8. The summed E-state index contributed by atoms with van der Waals surface area (Å²) >= 11 is 1.96. The van der Waals surface area contributed by atoms with Crippen LogP contribution in [0.25, 0.3) is 103 Å². The van der Waals surface area contributed by atoms with E-state index in [1.165, 1.54) is 191 Å². The van der Waals surface area contributed by atoms with E-state index in [4.69, 9.17) is 4.42 Å². The van der Waals surface area contributed by atoms with Crippen molar-refractivity contribution >= 4 is 115 Å². The van der Waals surface area contributed by atoms with Crippen molar-refractivity contribution in [1.82, 2.24) is 4.57 Å². The van der Waals surface area contributed by atoms with Gasteiger partial charge in [-0.2, -0.15) is 0 Å². The molecule has 0 unspecified atom stereocenters. The van der Waals surface area contributed by atoms with E-state index in [0.29, 0.717) is 5.41 Å². The summed E-state index contributed by atoms with van der Waals surface area (Å²) in [6, 6.07) is 64.5. The molecule has 9 aromatic carbocycles. The fourth-order valence-corrected chi connectivity index (χ4v) is 21.1. The molecule has 0 amide bonds. The fourth-order valence-electron chi connectivity index (χ4n) is 20.0. The molecule has 0 spiro atoms. The van der Waals surface area contributed by atoms with E-state index in [0.717, 1.165) is 46.7 Å². The second-order valence-electron chi connectivity index (χ2n) is 26.4. The number of para-hydroxylation sites is 1. The maximum absolute atomic E-state index is 7.38. The van der Waals surface area contributed by atoms with Gasteiger partial charge in [-0.05, 0) is 240 Å². The van der Waals surface area contributed by atoms with Crippen LogP contribution in [0.5, 0.6) is 0 Å². The monoisotopic (exact) mass is 1010 g/mol. The molecule has 22 rings (SSSR count). The Morgan fingerprint density at radius 1 is 0.468 bits per heavy atom. The number of nitrogens with zero attached hydrogens (tertiary/aromatic N) is 2. The molecule has 77 heavy (non-hydrogen) atoms. The summed E-state index contributed by atoms with van der Waals surface area (Å²) in [5.41, 5.74) is 20.2. The molecule has 0 radical (unpaired) electrons. The first kappa shape index (κ1) is 42.0. The summed E-state index contributed by atoms with van der Waals surface area (Å²) in [5.74, 6) is 5.25. The second kappa shape index (κ2) is 14.5. The van der Waals surface area contributed by atoms with Gasteiger partial charge in [0.1, 0.15) is 5.58 Å². The highest BCUT2D eigenvalue weighted by Crippen LogP contribution is 2.63. The number of anilines is 2.